The van der Waals surface area contributed by atoms with Crippen molar-refractivity contribution in [1.29, 1.82) is 0 Å². The number of unbranched alkanes of at least 4 members (excludes halogenated alkanes) is 6. The summed E-state index contributed by atoms with van der Waals surface area (Å²) in [7, 11) is 0. The second-order valence-corrected chi connectivity index (χ2v) is 7.68. The second-order valence-electron chi connectivity index (χ2n) is 7.68. The molecule has 0 aliphatic rings. The molecule has 0 spiro atoms. The molecular formula is C25H34N2O. The van der Waals surface area contributed by atoms with Gasteiger partial charge in [-0.25, -0.2) is 4.68 Å². The predicted molar refractivity (Wildman–Crippen MR) is 119 cm³/mol. The molecule has 0 unspecified atom stereocenters. The van der Waals surface area contributed by atoms with Crippen molar-refractivity contribution in [3.8, 4) is 11.4 Å². The highest BCUT2D eigenvalue weighted by molar-refractivity contribution is 5.80. The van der Waals surface area contributed by atoms with E-state index in [2.05, 4.69) is 56.4 Å². The van der Waals surface area contributed by atoms with Crippen molar-refractivity contribution in [3.05, 3.63) is 54.2 Å². The molecule has 1 heterocycles. The first kappa shape index (κ1) is 20.4. The Kier molecular flexibility index (Phi) is 7.95. The van der Waals surface area contributed by atoms with Crippen LogP contribution >= 0.6 is 0 Å². The van der Waals surface area contributed by atoms with Crippen LogP contribution in [0.4, 0.5) is 0 Å². The van der Waals surface area contributed by atoms with Gasteiger partial charge in [0.2, 0.25) is 0 Å². The Balaban J connectivity index is 1.56. The fourth-order valence-electron chi connectivity index (χ4n) is 3.49. The molecule has 0 fully saturated rings. The molecule has 0 bridgehead atoms. The number of nitrogens with zero attached hydrogens (tertiary/aromatic N) is 2. The van der Waals surface area contributed by atoms with Gasteiger partial charge in [0.05, 0.1) is 17.8 Å². The molecule has 0 aliphatic heterocycles. The molecular weight excluding hydrogens is 344 g/mol. The van der Waals surface area contributed by atoms with Crippen LogP contribution in [0.3, 0.4) is 0 Å². The first-order valence-electron chi connectivity index (χ1n) is 11.0. The zero-order valence-electron chi connectivity index (χ0n) is 17.5. The van der Waals surface area contributed by atoms with Gasteiger partial charge in [-0.15, -0.1) is 0 Å². The Morgan fingerprint density at radius 1 is 0.821 bits per heavy atom. The number of ether oxygens (including phenoxy) is 1. The lowest BCUT2D eigenvalue weighted by Crippen LogP contribution is -1.97. The van der Waals surface area contributed by atoms with Crippen LogP contribution in [0.1, 0.15) is 70.8 Å². The van der Waals surface area contributed by atoms with Crippen LogP contribution < -0.4 is 4.74 Å². The normalized spacial score (nSPS) is 11.2. The summed E-state index contributed by atoms with van der Waals surface area (Å²) in [6, 6.07) is 14.9. The van der Waals surface area contributed by atoms with Gasteiger partial charge in [0.25, 0.3) is 0 Å². The molecule has 2 aromatic carbocycles. The van der Waals surface area contributed by atoms with Crippen LogP contribution in [0.5, 0.6) is 5.75 Å². The van der Waals surface area contributed by atoms with Crippen LogP contribution in [0.25, 0.3) is 16.6 Å². The van der Waals surface area contributed by atoms with E-state index < -0.39 is 0 Å². The van der Waals surface area contributed by atoms with Gasteiger partial charge in [0.1, 0.15) is 5.75 Å². The largest absolute Gasteiger partial charge is 0.494 e. The fraction of sp³-hybridized carbons (Fsp3) is 0.480. The number of hydrogen-bond donors (Lipinski definition) is 0. The van der Waals surface area contributed by atoms with Gasteiger partial charge in [-0.1, -0.05) is 64.5 Å². The van der Waals surface area contributed by atoms with E-state index in [1.165, 1.54) is 50.5 Å². The topological polar surface area (TPSA) is 27.1 Å². The van der Waals surface area contributed by atoms with E-state index >= 15 is 0 Å². The van der Waals surface area contributed by atoms with Gasteiger partial charge < -0.3 is 4.74 Å². The van der Waals surface area contributed by atoms with Crippen molar-refractivity contribution in [2.24, 2.45) is 0 Å². The lowest BCUT2D eigenvalue weighted by Gasteiger charge is -2.05. The molecule has 0 saturated carbocycles. The van der Waals surface area contributed by atoms with Crippen molar-refractivity contribution >= 4 is 10.9 Å². The molecule has 0 saturated heterocycles. The van der Waals surface area contributed by atoms with E-state index in [0.29, 0.717) is 0 Å². The summed E-state index contributed by atoms with van der Waals surface area (Å²) in [6.45, 7) is 5.28. The first-order valence-corrected chi connectivity index (χ1v) is 11.0. The number of benzene rings is 2. The Labute approximate surface area is 169 Å². The van der Waals surface area contributed by atoms with Gasteiger partial charge in [-0.05, 0) is 55.2 Å². The van der Waals surface area contributed by atoms with Crippen molar-refractivity contribution in [2.75, 3.05) is 6.61 Å². The maximum absolute atomic E-state index is 5.95. The van der Waals surface area contributed by atoms with Gasteiger partial charge in [-0.2, -0.15) is 5.10 Å². The summed E-state index contributed by atoms with van der Waals surface area (Å²) in [6.07, 6.45) is 13.4. The molecule has 0 N–H and O–H groups in total. The third-order valence-electron chi connectivity index (χ3n) is 5.26. The molecule has 0 amide bonds. The van der Waals surface area contributed by atoms with E-state index in [0.717, 1.165) is 41.8 Å². The maximum Gasteiger partial charge on any atom is 0.120 e. The Morgan fingerprint density at radius 3 is 2.36 bits per heavy atom. The zero-order valence-corrected chi connectivity index (χ0v) is 17.5. The van der Waals surface area contributed by atoms with Crippen LogP contribution in [-0.4, -0.2) is 16.4 Å². The first-order chi connectivity index (χ1) is 13.8. The van der Waals surface area contributed by atoms with Gasteiger partial charge in [0, 0.05) is 11.6 Å². The lowest BCUT2D eigenvalue weighted by atomic mass is 10.1. The molecule has 150 valence electrons. The molecule has 3 heteroatoms. The molecule has 28 heavy (non-hydrogen) atoms. The SMILES string of the molecule is CCCCCCCCOc1ccc2nn(-c3ccc(CCCC)cc3)cc2c1. The Bertz CT molecular complexity index is 835. The minimum atomic E-state index is 0.797. The van der Waals surface area contributed by atoms with E-state index in [9.17, 15) is 0 Å². The van der Waals surface area contributed by atoms with E-state index in [4.69, 9.17) is 9.84 Å². The molecule has 3 rings (SSSR count). The third-order valence-corrected chi connectivity index (χ3v) is 5.26. The van der Waals surface area contributed by atoms with Crippen LogP contribution in [0.2, 0.25) is 0 Å². The second kappa shape index (κ2) is 10.9. The smallest absolute Gasteiger partial charge is 0.120 e. The summed E-state index contributed by atoms with van der Waals surface area (Å²) < 4.78 is 7.92. The van der Waals surface area contributed by atoms with E-state index in [-0.39, 0.29) is 0 Å². The van der Waals surface area contributed by atoms with Gasteiger partial charge in [0.15, 0.2) is 0 Å². The summed E-state index contributed by atoms with van der Waals surface area (Å²) in [5.41, 5.74) is 3.50. The van der Waals surface area contributed by atoms with Gasteiger partial charge in [-0.3, -0.25) is 0 Å². The highest BCUT2D eigenvalue weighted by atomic mass is 16.5. The molecule has 3 nitrogen and oxygen atoms in total. The van der Waals surface area contributed by atoms with Crippen LogP contribution in [-0.2, 0) is 6.42 Å². The Morgan fingerprint density at radius 2 is 1.57 bits per heavy atom. The molecule has 3 aromatic rings. The molecule has 1 aromatic heterocycles. The predicted octanol–water partition coefficient (Wildman–Crippen LogP) is 7.11. The Hall–Kier alpha value is -2.29. The van der Waals surface area contributed by atoms with E-state index in [1.807, 2.05) is 10.7 Å². The average molecular weight is 379 g/mol. The quantitative estimate of drug-likeness (QED) is 0.314. The fourth-order valence-corrected chi connectivity index (χ4v) is 3.49. The highest BCUT2D eigenvalue weighted by Gasteiger charge is 2.05. The lowest BCUT2D eigenvalue weighted by molar-refractivity contribution is 0.305. The van der Waals surface area contributed by atoms with Crippen molar-refractivity contribution < 1.29 is 4.74 Å². The van der Waals surface area contributed by atoms with Crippen molar-refractivity contribution in [1.82, 2.24) is 9.78 Å². The number of aryl methyl sites for hydroxylation is 1. The number of aromatic nitrogens is 2. The number of fused-ring (bicyclic) bond motifs is 1. The maximum atomic E-state index is 5.95. The third kappa shape index (κ3) is 5.85. The minimum absolute atomic E-state index is 0.797. The van der Waals surface area contributed by atoms with E-state index in [1.54, 1.807) is 0 Å². The van der Waals surface area contributed by atoms with Crippen LogP contribution in [0, 0.1) is 0 Å². The summed E-state index contributed by atoms with van der Waals surface area (Å²) in [4.78, 5) is 0. The molecule has 0 aliphatic carbocycles. The summed E-state index contributed by atoms with van der Waals surface area (Å²) in [5.74, 6) is 0.940. The van der Waals surface area contributed by atoms with Crippen LogP contribution in [0.15, 0.2) is 48.7 Å². The molecule has 0 atom stereocenters. The number of rotatable bonds is 12. The number of hydrogen-bond acceptors (Lipinski definition) is 2. The summed E-state index contributed by atoms with van der Waals surface area (Å²) in [5, 5.41) is 5.84. The average Bonchev–Trinajstić information content (AvgIpc) is 3.15. The summed E-state index contributed by atoms with van der Waals surface area (Å²) >= 11 is 0. The van der Waals surface area contributed by atoms with Crippen molar-refractivity contribution in [3.63, 3.8) is 0 Å². The van der Waals surface area contributed by atoms with Crippen molar-refractivity contribution in [2.45, 2.75) is 71.6 Å². The standard InChI is InChI=1S/C25H34N2O/c1-3-5-7-8-9-10-18-28-24-16-17-25-22(19-24)20-27(26-25)23-14-12-21(13-15-23)11-6-4-2/h12-17,19-20H,3-11,18H2,1-2H3. The monoisotopic (exact) mass is 378 g/mol. The van der Waals surface area contributed by atoms with Gasteiger partial charge >= 0.3 is 0 Å². The molecule has 0 radical (unpaired) electrons. The zero-order chi connectivity index (χ0) is 19.6. The highest BCUT2D eigenvalue weighted by Crippen LogP contribution is 2.22. The minimum Gasteiger partial charge on any atom is -0.494 e.